The summed E-state index contributed by atoms with van der Waals surface area (Å²) in [5.41, 5.74) is 2.10. The first-order valence-electron chi connectivity index (χ1n) is 9.61. The molecule has 0 bridgehead atoms. The first kappa shape index (κ1) is 21.1. The second-order valence-electron chi connectivity index (χ2n) is 7.05. The van der Waals surface area contributed by atoms with E-state index in [1.54, 1.807) is 37.3 Å². The fourth-order valence-corrected chi connectivity index (χ4v) is 4.12. The molecule has 2 heterocycles. The van der Waals surface area contributed by atoms with Gasteiger partial charge in [-0.05, 0) is 55.8 Å². The first-order valence-corrected chi connectivity index (χ1v) is 10.8. The number of nitrogens with zero attached hydrogens (tertiary/aromatic N) is 1. The van der Waals surface area contributed by atoms with E-state index >= 15 is 0 Å². The molecule has 0 aliphatic carbocycles. The molecule has 0 saturated carbocycles. The van der Waals surface area contributed by atoms with E-state index in [9.17, 15) is 9.59 Å². The van der Waals surface area contributed by atoms with Gasteiger partial charge in [-0.3, -0.25) is 9.59 Å². The van der Waals surface area contributed by atoms with Crippen LogP contribution in [0.2, 0.25) is 5.02 Å². The summed E-state index contributed by atoms with van der Waals surface area (Å²) < 4.78 is 11.1. The largest absolute Gasteiger partial charge is 0.486 e. The Kier molecular flexibility index (Phi) is 6.11. The summed E-state index contributed by atoms with van der Waals surface area (Å²) in [7, 11) is 0. The van der Waals surface area contributed by atoms with Gasteiger partial charge in [-0.2, -0.15) is 0 Å². The van der Waals surface area contributed by atoms with Crippen LogP contribution in [-0.4, -0.2) is 23.4 Å². The van der Waals surface area contributed by atoms with Gasteiger partial charge in [-0.15, -0.1) is 11.3 Å². The maximum atomic E-state index is 12.8. The smallest absolute Gasteiger partial charge is 0.263 e. The van der Waals surface area contributed by atoms with E-state index in [1.807, 2.05) is 19.1 Å². The second-order valence-corrected chi connectivity index (χ2v) is 8.57. The van der Waals surface area contributed by atoms with E-state index in [0.29, 0.717) is 37.8 Å². The van der Waals surface area contributed by atoms with Crippen LogP contribution in [0.5, 0.6) is 11.5 Å². The maximum Gasteiger partial charge on any atom is 0.263 e. The third-order valence-electron chi connectivity index (χ3n) is 4.71. The van der Waals surface area contributed by atoms with Gasteiger partial charge < -0.3 is 20.1 Å². The molecule has 9 heteroatoms. The van der Waals surface area contributed by atoms with Gasteiger partial charge in [0.15, 0.2) is 6.61 Å². The van der Waals surface area contributed by atoms with Crippen molar-refractivity contribution >= 4 is 40.4 Å². The highest BCUT2D eigenvalue weighted by atomic mass is 35.5. The van der Waals surface area contributed by atoms with Gasteiger partial charge >= 0.3 is 0 Å². The molecule has 2 aromatic carbocycles. The Hall–Kier alpha value is -3.10. The fourth-order valence-electron chi connectivity index (χ4n) is 3.12. The zero-order valence-corrected chi connectivity index (χ0v) is 18.5. The van der Waals surface area contributed by atoms with Crippen molar-refractivity contribution in [2.75, 3.05) is 11.9 Å². The van der Waals surface area contributed by atoms with Crippen LogP contribution >= 0.6 is 22.9 Å². The number of benzene rings is 2. The molecule has 1 aliphatic heterocycles. The van der Waals surface area contributed by atoms with Crippen LogP contribution in [0.1, 0.15) is 38.9 Å². The van der Waals surface area contributed by atoms with E-state index in [0.717, 1.165) is 5.56 Å². The van der Waals surface area contributed by atoms with Gasteiger partial charge in [0.25, 0.3) is 11.8 Å². The number of ether oxygens (including phenoxy) is 2. The van der Waals surface area contributed by atoms with Crippen LogP contribution in [0.15, 0.2) is 42.5 Å². The summed E-state index contributed by atoms with van der Waals surface area (Å²) in [6.45, 7) is 3.95. The lowest BCUT2D eigenvalue weighted by Crippen LogP contribution is -2.28. The average molecular weight is 458 g/mol. The Morgan fingerprint density at radius 2 is 2.10 bits per heavy atom. The Balaban J connectivity index is 1.41. The summed E-state index contributed by atoms with van der Waals surface area (Å²) in [4.78, 5) is 29.4. The summed E-state index contributed by atoms with van der Waals surface area (Å²) in [5, 5.41) is 7.11. The van der Waals surface area contributed by atoms with Crippen molar-refractivity contribution in [3.05, 3.63) is 68.6 Å². The van der Waals surface area contributed by atoms with Crippen molar-refractivity contribution in [2.24, 2.45) is 0 Å². The number of fused-ring (bicyclic) bond motifs is 1. The number of thiazole rings is 1. The monoisotopic (exact) mass is 457 g/mol. The number of amides is 2. The highest BCUT2D eigenvalue weighted by Gasteiger charge is 2.21. The third kappa shape index (κ3) is 4.98. The van der Waals surface area contributed by atoms with Crippen molar-refractivity contribution < 1.29 is 19.1 Å². The van der Waals surface area contributed by atoms with Crippen molar-refractivity contribution in [1.82, 2.24) is 10.3 Å². The molecular formula is C22H20ClN3O4S. The number of carbonyl (C=O) groups excluding carboxylic acids is 2. The van der Waals surface area contributed by atoms with E-state index in [4.69, 9.17) is 21.1 Å². The maximum absolute atomic E-state index is 12.8. The molecule has 4 rings (SSSR count). The van der Waals surface area contributed by atoms with Gasteiger partial charge in [-0.1, -0.05) is 17.7 Å². The zero-order valence-electron chi connectivity index (χ0n) is 16.9. The first-order chi connectivity index (χ1) is 14.9. The molecule has 0 saturated heterocycles. The van der Waals surface area contributed by atoms with Gasteiger partial charge in [0, 0.05) is 5.02 Å². The number of aryl methyl sites for hydroxylation is 1. The molecule has 1 unspecified atom stereocenters. The van der Waals surface area contributed by atoms with Crippen LogP contribution in [0.3, 0.4) is 0 Å². The van der Waals surface area contributed by atoms with Gasteiger partial charge in [-0.25, -0.2) is 4.98 Å². The molecule has 3 aromatic rings. The van der Waals surface area contributed by atoms with Gasteiger partial charge in [0.2, 0.25) is 0 Å². The van der Waals surface area contributed by atoms with Gasteiger partial charge in [0.1, 0.15) is 28.0 Å². The highest BCUT2D eigenvalue weighted by molar-refractivity contribution is 7.13. The molecule has 0 spiro atoms. The van der Waals surface area contributed by atoms with Crippen molar-refractivity contribution in [3.8, 4) is 11.5 Å². The molecule has 1 atom stereocenters. The van der Waals surface area contributed by atoms with Crippen molar-refractivity contribution in [2.45, 2.75) is 26.5 Å². The van der Waals surface area contributed by atoms with Crippen LogP contribution in [-0.2, 0) is 11.4 Å². The predicted octanol–water partition coefficient (Wildman–Crippen LogP) is 4.51. The summed E-state index contributed by atoms with van der Waals surface area (Å²) >= 11 is 7.18. The number of hydrogen-bond acceptors (Lipinski definition) is 6. The molecule has 2 amide bonds. The Labute approximate surface area is 188 Å². The molecule has 1 aromatic heterocycles. The molecule has 31 heavy (non-hydrogen) atoms. The normalized spacial score (nSPS) is 13.6. The zero-order chi connectivity index (χ0) is 22.0. The second kappa shape index (κ2) is 8.95. The lowest BCUT2D eigenvalue weighted by molar-refractivity contribution is -0.118. The minimum Gasteiger partial charge on any atom is -0.486 e. The number of rotatable bonds is 6. The third-order valence-corrected chi connectivity index (χ3v) is 6.09. The Bertz CT molecular complexity index is 1130. The van der Waals surface area contributed by atoms with Gasteiger partial charge in [0.05, 0.1) is 17.4 Å². The number of hydrogen-bond donors (Lipinski definition) is 2. The molecule has 0 radical (unpaired) electrons. The van der Waals surface area contributed by atoms with Crippen molar-refractivity contribution in [1.29, 1.82) is 0 Å². The predicted molar refractivity (Wildman–Crippen MR) is 119 cm³/mol. The van der Waals surface area contributed by atoms with E-state index in [1.165, 1.54) is 11.3 Å². The summed E-state index contributed by atoms with van der Waals surface area (Å²) in [6.07, 6.45) is 0. The summed E-state index contributed by atoms with van der Waals surface area (Å²) in [6, 6.07) is 12.3. The number of carbonyl (C=O) groups is 2. The van der Waals surface area contributed by atoms with Crippen LogP contribution in [0.4, 0.5) is 5.69 Å². The topological polar surface area (TPSA) is 89.5 Å². The molecule has 0 fully saturated rings. The quantitative estimate of drug-likeness (QED) is 0.568. The summed E-state index contributed by atoms with van der Waals surface area (Å²) in [5.74, 6) is 0.888. The standard InChI is InChI=1S/C22H20ClN3O4S/c1-12(14-3-8-18-17(9-14)26-19(27)10-30-18)25-22(28)21-13(2)24-20(31-21)11-29-16-6-4-15(23)5-7-16/h3-9,12H,10-11H2,1-2H3,(H,25,28)(H,26,27). The van der Waals surface area contributed by atoms with Crippen LogP contribution in [0, 0.1) is 6.92 Å². The number of nitrogens with one attached hydrogen (secondary N) is 2. The van der Waals surface area contributed by atoms with Crippen LogP contribution in [0.25, 0.3) is 0 Å². The van der Waals surface area contributed by atoms with E-state index < -0.39 is 0 Å². The Morgan fingerprint density at radius 1 is 1.32 bits per heavy atom. The van der Waals surface area contributed by atoms with E-state index in [2.05, 4.69) is 15.6 Å². The number of anilines is 1. The molecule has 1 aliphatic rings. The minimum absolute atomic E-state index is 0.00730. The van der Waals surface area contributed by atoms with E-state index in [-0.39, 0.29) is 31.1 Å². The lowest BCUT2D eigenvalue weighted by atomic mass is 10.1. The number of halogens is 1. The SMILES string of the molecule is Cc1nc(COc2ccc(Cl)cc2)sc1C(=O)NC(C)c1ccc2c(c1)NC(=O)CO2. The molecule has 160 valence electrons. The van der Waals surface area contributed by atoms with Crippen LogP contribution < -0.4 is 20.1 Å². The Morgan fingerprint density at radius 3 is 2.87 bits per heavy atom. The average Bonchev–Trinajstić information content (AvgIpc) is 3.13. The minimum atomic E-state index is -0.271. The van der Waals surface area contributed by atoms with Crippen molar-refractivity contribution in [3.63, 3.8) is 0 Å². The lowest BCUT2D eigenvalue weighted by Gasteiger charge is -2.20. The molecular weight excluding hydrogens is 438 g/mol. The highest BCUT2D eigenvalue weighted by Crippen LogP contribution is 2.31. The number of aromatic nitrogens is 1. The molecule has 2 N–H and O–H groups in total. The molecule has 7 nitrogen and oxygen atoms in total. The fraction of sp³-hybridized carbons (Fsp3) is 0.227.